The van der Waals surface area contributed by atoms with Crippen LogP contribution in [0.2, 0.25) is 0 Å². The maximum atomic E-state index is 2.37. The van der Waals surface area contributed by atoms with Crippen molar-refractivity contribution in [2.45, 2.75) is 25.7 Å². The van der Waals surface area contributed by atoms with Crippen molar-refractivity contribution in [3.8, 4) is 0 Å². The highest BCUT2D eigenvalue weighted by molar-refractivity contribution is 7.25. The average molecular weight is 399 g/mol. The molecule has 0 bridgehead atoms. The van der Waals surface area contributed by atoms with Crippen LogP contribution in [0, 0.1) is 0 Å². The fourth-order valence-corrected chi connectivity index (χ4v) is 6.31. The van der Waals surface area contributed by atoms with E-state index in [9.17, 15) is 0 Å². The average Bonchev–Trinajstić information content (AvgIpc) is 3.36. The standard InChI is InChI=1S/C26H22S2/c1-3-7-19(8-4-1)11-13-21-17-27-25-23(21)15-16-24-22(18-28-26(24)25)14-12-20-9-5-2-6-10-20/h1-10,15-18H,11-14H2. The van der Waals surface area contributed by atoms with Crippen molar-refractivity contribution in [1.29, 1.82) is 0 Å². The first-order valence-corrected chi connectivity index (χ1v) is 11.6. The van der Waals surface area contributed by atoms with Gasteiger partial charge in [-0.2, -0.15) is 0 Å². The minimum atomic E-state index is 1.11. The van der Waals surface area contributed by atoms with Gasteiger partial charge in [-0.3, -0.25) is 0 Å². The zero-order valence-corrected chi connectivity index (χ0v) is 17.4. The maximum absolute atomic E-state index is 2.37. The Kier molecular flexibility index (Phi) is 4.99. The lowest BCUT2D eigenvalue weighted by Crippen LogP contribution is -1.90. The Bertz CT molecular complexity index is 1100. The molecule has 2 heteroatoms. The monoisotopic (exact) mass is 398 g/mol. The van der Waals surface area contributed by atoms with E-state index >= 15 is 0 Å². The third kappa shape index (κ3) is 3.50. The number of fused-ring (bicyclic) bond motifs is 3. The molecule has 0 aliphatic heterocycles. The Balaban J connectivity index is 1.40. The van der Waals surface area contributed by atoms with Gasteiger partial charge in [0.15, 0.2) is 0 Å². The highest BCUT2D eigenvalue weighted by Crippen LogP contribution is 2.38. The van der Waals surface area contributed by atoms with Crippen LogP contribution in [0.4, 0.5) is 0 Å². The molecule has 28 heavy (non-hydrogen) atoms. The molecule has 2 heterocycles. The molecule has 0 aliphatic rings. The fourth-order valence-electron chi connectivity index (χ4n) is 3.92. The largest absolute Gasteiger partial charge is 0.142 e. The van der Waals surface area contributed by atoms with Gasteiger partial charge < -0.3 is 0 Å². The first kappa shape index (κ1) is 17.7. The molecule has 0 saturated carbocycles. The number of hydrogen-bond acceptors (Lipinski definition) is 2. The summed E-state index contributed by atoms with van der Waals surface area (Å²) < 4.78 is 2.94. The Labute approximate surface area is 174 Å². The van der Waals surface area contributed by atoms with Crippen molar-refractivity contribution in [2.24, 2.45) is 0 Å². The molecule has 0 saturated heterocycles. The van der Waals surface area contributed by atoms with Gasteiger partial charge in [-0.05, 0) is 69.5 Å². The Morgan fingerprint density at radius 2 is 0.893 bits per heavy atom. The van der Waals surface area contributed by atoms with Crippen molar-refractivity contribution in [1.82, 2.24) is 0 Å². The van der Waals surface area contributed by atoms with Crippen LogP contribution in [-0.2, 0) is 25.7 Å². The lowest BCUT2D eigenvalue weighted by molar-refractivity contribution is 0.972. The molecule has 0 radical (unpaired) electrons. The summed E-state index contributed by atoms with van der Waals surface area (Å²) in [6.45, 7) is 0. The summed E-state index contributed by atoms with van der Waals surface area (Å²) in [7, 11) is 0. The minimum absolute atomic E-state index is 1.11. The van der Waals surface area contributed by atoms with Crippen LogP contribution in [0.25, 0.3) is 20.2 Å². The number of benzene rings is 3. The van der Waals surface area contributed by atoms with Crippen LogP contribution in [0.1, 0.15) is 22.3 Å². The van der Waals surface area contributed by atoms with Gasteiger partial charge in [0.05, 0.1) is 9.40 Å². The Hall–Kier alpha value is -2.42. The van der Waals surface area contributed by atoms with E-state index in [1.54, 1.807) is 0 Å². The SMILES string of the molecule is c1ccc(CCc2csc3c2ccc2c(CCc4ccccc4)csc23)cc1. The zero-order valence-electron chi connectivity index (χ0n) is 15.7. The van der Waals surface area contributed by atoms with Gasteiger partial charge in [-0.25, -0.2) is 0 Å². The van der Waals surface area contributed by atoms with Gasteiger partial charge in [0.1, 0.15) is 0 Å². The van der Waals surface area contributed by atoms with E-state index in [1.165, 1.54) is 42.4 Å². The smallest absolute Gasteiger partial charge is 0.0523 e. The van der Waals surface area contributed by atoms with Gasteiger partial charge in [0, 0.05) is 0 Å². The molecule has 0 unspecified atom stereocenters. The Morgan fingerprint density at radius 3 is 1.32 bits per heavy atom. The van der Waals surface area contributed by atoms with Crippen LogP contribution >= 0.6 is 22.7 Å². The normalized spacial score (nSPS) is 11.4. The van der Waals surface area contributed by atoms with Crippen LogP contribution in [0.5, 0.6) is 0 Å². The summed E-state index contributed by atoms with van der Waals surface area (Å²) in [5.41, 5.74) is 5.82. The molecule has 0 N–H and O–H groups in total. The van der Waals surface area contributed by atoms with Crippen LogP contribution in [0.3, 0.4) is 0 Å². The van der Waals surface area contributed by atoms with Crippen LogP contribution < -0.4 is 0 Å². The zero-order chi connectivity index (χ0) is 18.8. The van der Waals surface area contributed by atoms with Gasteiger partial charge in [-0.15, -0.1) is 22.7 Å². The maximum Gasteiger partial charge on any atom is 0.0523 e. The van der Waals surface area contributed by atoms with E-state index in [1.807, 2.05) is 22.7 Å². The van der Waals surface area contributed by atoms with Gasteiger partial charge in [0.2, 0.25) is 0 Å². The van der Waals surface area contributed by atoms with Gasteiger partial charge in [-0.1, -0.05) is 72.8 Å². The summed E-state index contributed by atoms with van der Waals surface area (Å²) >= 11 is 3.83. The van der Waals surface area contributed by atoms with Crippen molar-refractivity contribution >= 4 is 42.8 Å². The molecule has 0 spiro atoms. The molecule has 5 rings (SSSR count). The summed E-state index contributed by atoms with van der Waals surface area (Å²) in [5.74, 6) is 0. The molecule has 0 aliphatic carbocycles. The lowest BCUT2D eigenvalue weighted by atomic mass is 10.0. The van der Waals surface area contributed by atoms with Crippen molar-refractivity contribution < 1.29 is 0 Å². The molecule has 3 aromatic carbocycles. The summed E-state index contributed by atoms with van der Waals surface area (Å²) in [6.07, 6.45) is 4.44. The number of rotatable bonds is 6. The summed E-state index contributed by atoms with van der Waals surface area (Å²) in [5, 5.41) is 7.64. The molecular weight excluding hydrogens is 376 g/mol. The predicted molar refractivity (Wildman–Crippen MR) is 125 cm³/mol. The van der Waals surface area contributed by atoms with Gasteiger partial charge in [0.25, 0.3) is 0 Å². The van der Waals surface area contributed by atoms with Crippen molar-refractivity contribution in [3.05, 3.63) is 106 Å². The van der Waals surface area contributed by atoms with E-state index in [4.69, 9.17) is 0 Å². The predicted octanol–water partition coefficient (Wildman–Crippen LogP) is 7.69. The molecule has 0 amide bonds. The molecule has 0 fully saturated rings. The minimum Gasteiger partial charge on any atom is -0.142 e. The third-order valence-electron chi connectivity index (χ3n) is 5.49. The van der Waals surface area contributed by atoms with Crippen molar-refractivity contribution in [2.75, 3.05) is 0 Å². The molecule has 0 nitrogen and oxygen atoms in total. The second-order valence-electron chi connectivity index (χ2n) is 7.31. The van der Waals surface area contributed by atoms with E-state index in [2.05, 4.69) is 83.6 Å². The second kappa shape index (κ2) is 7.90. The number of aryl methyl sites for hydroxylation is 4. The highest BCUT2D eigenvalue weighted by atomic mass is 32.1. The third-order valence-corrected chi connectivity index (χ3v) is 7.75. The molecule has 138 valence electrons. The van der Waals surface area contributed by atoms with E-state index in [0.29, 0.717) is 0 Å². The lowest BCUT2D eigenvalue weighted by Gasteiger charge is -2.03. The summed E-state index contributed by atoms with van der Waals surface area (Å²) in [6, 6.07) is 26.3. The number of hydrogen-bond donors (Lipinski definition) is 0. The molecular formula is C26H22S2. The highest BCUT2D eigenvalue weighted by Gasteiger charge is 2.12. The first-order valence-electron chi connectivity index (χ1n) is 9.85. The summed E-state index contributed by atoms with van der Waals surface area (Å²) in [4.78, 5) is 0. The van der Waals surface area contributed by atoms with Gasteiger partial charge >= 0.3 is 0 Å². The van der Waals surface area contributed by atoms with Crippen LogP contribution in [-0.4, -0.2) is 0 Å². The number of thiophene rings is 2. The fraction of sp³-hybridized carbons (Fsp3) is 0.154. The first-order chi connectivity index (χ1) is 13.9. The van der Waals surface area contributed by atoms with Crippen molar-refractivity contribution in [3.63, 3.8) is 0 Å². The van der Waals surface area contributed by atoms with Crippen LogP contribution in [0.15, 0.2) is 83.6 Å². The molecule has 0 atom stereocenters. The van der Waals surface area contributed by atoms with E-state index in [0.717, 1.165) is 25.7 Å². The topological polar surface area (TPSA) is 0 Å². The second-order valence-corrected chi connectivity index (χ2v) is 9.07. The molecule has 2 aromatic heterocycles. The quantitative estimate of drug-likeness (QED) is 0.275. The Morgan fingerprint density at radius 1 is 0.464 bits per heavy atom. The van der Waals surface area contributed by atoms with E-state index < -0.39 is 0 Å². The molecule has 5 aromatic rings. The van der Waals surface area contributed by atoms with E-state index in [-0.39, 0.29) is 0 Å².